The lowest BCUT2D eigenvalue weighted by Gasteiger charge is -2.26. The largest absolute Gasteiger partial charge is 0.469 e. The molecule has 3 atom stereocenters. The van der Waals surface area contributed by atoms with E-state index in [1.54, 1.807) is 6.92 Å². The Labute approximate surface area is 267 Å². The molecule has 5 N–H and O–H groups in total. The summed E-state index contributed by atoms with van der Waals surface area (Å²) in [6.45, 7) is 11.6. The van der Waals surface area contributed by atoms with Crippen LogP contribution in [-0.2, 0) is 32.1 Å². The zero-order chi connectivity index (χ0) is 33.2. The second-order valence-corrected chi connectivity index (χ2v) is 12.8. The highest BCUT2D eigenvalue weighted by Gasteiger charge is 2.57. The molecule has 3 aliphatic rings. The zero-order valence-electron chi connectivity index (χ0n) is 27.7. The number of hydrogen-bond donors (Lipinski definition) is 5. The Bertz CT molecular complexity index is 2000. The van der Waals surface area contributed by atoms with E-state index in [0.29, 0.717) is 28.9 Å². The fourth-order valence-corrected chi connectivity index (χ4v) is 7.66. The van der Waals surface area contributed by atoms with Gasteiger partial charge in [0.1, 0.15) is 0 Å². The molecule has 0 spiro atoms. The Morgan fingerprint density at radius 1 is 0.913 bits per heavy atom. The van der Waals surface area contributed by atoms with Gasteiger partial charge < -0.3 is 34.8 Å². The van der Waals surface area contributed by atoms with Crippen LogP contribution >= 0.6 is 0 Å². The van der Waals surface area contributed by atoms with Crippen molar-refractivity contribution in [1.82, 2.24) is 20.3 Å². The molecule has 0 aromatic carbocycles. The lowest BCUT2D eigenvalue weighted by Crippen LogP contribution is -2.36. The molecule has 46 heavy (non-hydrogen) atoms. The number of aromatic amines is 3. The maximum Gasteiger partial charge on any atom is 0.324 e. The molecule has 242 valence electrons. The smallest absolute Gasteiger partial charge is 0.324 e. The minimum Gasteiger partial charge on any atom is -0.469 e. The fourth-order valence-electron chi connectivity index (χ4n) is 7.66. The van der Waals surface area contributed by atoms with Crippen molar-refractivity contribution >= 4 is 41.5 Å². The SMILES string of the molecule is CCc1c(C)c2[nH]c1=Cc1[nH]c3c(c1C)C(=O)C(C)(C(=O)OC)C3=C1NC(=Cc3[nH]c(c(CO)c3C)C=2)C(C)C1CCC(=O)OC. The first-order chi connectivity index (χ1) is 21.9. The van der Waals surface area contributed by atoms with E-state index in [1.165, 1.54) is 14.2 Å². The van der Waals surface area contributed by atoms with Crippen LogP contribution in [0.4, 0.5) is 0 Å². The summed E-state index contributed by atoms with van der Waals surface area (Å²) in [7, 11) is 2.66. The third-order valence-electron chi connectivity index (χ3n) is 10.5. The van der Waals surface area contributed by atoms with Crippen molar-refractivity contribution < 1.29 is 29.0 Å². The topological polar surface area (TPSA) is 149 Å². The molecule has 0 radical (unpaired) electrons. The number of aliphatic hydroxyl groups excluding tert-OH is 1. The quantitative estimate of drug-likeness (QED) is 0.208. The summed E-state index contributed by atoms with van der Waals surface area (Å²) in [4.78, 5) is 51.0. The number of methoxy groups -OCH3 is 2. The van der Waals surface area contributed by atoms with Crippen molar-refractivity contribution in [1.29, 1.82) is 0 Å². The molecular formula is C36H42N4O6. The molecule has 5 heterocycles. The average Bonchev–Trinajstić information content (AvgIpc) is 3.76. The van der Waals surface area contributed by atoms with E-state index < -0.39 is 11.4 Å². The summed E-state index contributed by atoms with van der Waals surface area (Å²) in [5, 5.41) is 15.9. The summed E-state index contributed by atoms with van der Waals surface area (Å²) in [6, 6.07) is 0. The van der Waals surface area contributed by atoms with Gasteiger partial charge >= 0.3 is 11.9 Å². The highest BCUT2D eigenvalue weighted by atomic mass is 16.5. The van der Waals surface area contributed by atoms with Crippen molar-refractivity contribution in [3.63, 3.8) is 0 Å². The van der Waals surface area contributed by atoms with Gasteiger partial charge in [-0.05, 0) is 81.0 Å². The number of Topliss-reactive ketones (excluding diaryl/α,β-unsaturated/α-hetero) is 1. The number of fused-ring (bicyclic) bond motifs is 7. The van der Waals surface area contributed by atoms with Crippen molar-refractivity contribution in [3.05, 3.63) is 78.2 Å². The summed E-state index contributed by atoms with van der Waals surface area (Å²) < 4.78 is 10.3. The van der Waals surface area contributed by atoms with Crippen molar-refractivity contribution in [3.8, 4) is 0 Å². The normalized spacial score (nSPS) is 21.5. The molecule has 8 bridgehead atoms. The van der Waals surface area contributed by atoms with Crippen LogP contribution in [0, 0.1) is 38.0 Å². The molecule has 3 aromatic heterocycles. The average molecular weight is 627 g/mol. The highest BCUT2D eigenvalue weighted by Crippen LogP contribution is 2.53. The standard InChI is InChI=1S/C36H42N4O6/c1-9-20-16(2)24-13-28-22(15-41)18(4)23(38-28)12-25-17(3)21(10-11-29(42)45-7)32(39-25)31-33-30(34(43)36(31,6)35(44)46-8)19(5)26(40-33)14-27(20)37-24/h12-14,17,21,37-41H,9-11,15H2,1-8H3. The molecule has 1 aliphatic carbocycles. The van der Waals surface area contributed by atoms with Gasteiger partial charge in [-0.1, -0.05) is 13.8 Å². The van der Waals surface area contributed by atoms with E-state index in [9.17, 15) is 19.5 Å². The first-order valence-electron chi connectivity index (χ1n) is 15.8. The van der Waals surface area contributed by atoms with Gasteiger partial charge in [0.15, 0.2) is 11.2 Å². The van der Waals surface area contributed by atoms with Crippen LogP contribution in [0.3, 0.4) is 0 Å². The number of ketones is 1. The molecule has 10 heteroatoms. The lowest BCUT2D eigenvalue weighted by molar-refractivity contribution is -0.146. The molecule has 1 fully saturated rings. The highest BCUT2D eigenvalue weighted by molar-refractivity contribution is 6.28. The molecule has 3 unspecified atom stereocenters. The van der Waals surface area contributed by atoms with Gasteiger partial charge in [-0.15, -0.1) is 0 Å². The molecule has 0 saturated carbocycles. The lowest BCUT2D eigenvalue weighted by atomic mass is 9.77. The third-order valence-corrected chi connectivity index (χ3v) is 10.5. The maximum atomic E-state index is 14.4. The van der Waals surface area contributed by atoms with E-state index in [0.717, 1.165) is 67.7 Å². The number of esters is 2. The first kappa shape index (κ1) is 31.4. The number of rotatable bonds is 6. The predicted octanol–water partition coefficient (Wildman–Crippen LogP) is 3.56. The van der Waals surface area contributed by atoms with Gasteiger partial charge in [0.25, 0.3) is 0 Å². The molecule has 0 amide bonds. The number of allylic oxidation sites excluding steroid dienone is 2. The van der Waals surface area contributed by atoms with Gasteiger partial charge in [-0.2, -0.15) is 0 Å². The number of aliphatic hydroxyl groups is 1. The number of carbonyl (C=O) groups excluding carboxylic acids is 3. The Morgan fingerprint density at radius 2 is 1.61 bits per heavy atom. The molecule has 1 saturated heterocycles. The number of carbonyl (C=O) groups is 3. The summed E-state index contributed by atoms with van der Waals surface area (Å²) in [6.07, 6.45) is 7.48. The van der Waals surface area contributed by atoms with Crippen LogP contribution in [-0.4, -0.2) is 52.0 Å². The third kappa shape index (κ3) is 4.45. The van der Waals surface area contributed by atoms with Crippen molar-refractivity contribution in [2.75, 3.05) is 14.2 Å². The van der Waals surface area contributed by atoms with E-state index >= 15 is 0 Å². The fraction of sp³-hybridized carbons (Fsp3) is 0.417. The molecule has 10 nitrogen and oxygen atoms in total. The molecule has 2 aliphatic heterocycles. The van der Waals surface area contributed by atoms with Crippen LogP contribution in [0.15, 0.2) is 11.4 Å². The summed E-state index contributed by atoms with van der Waals surface area (Å²) in [5.74, 6) is -1.66. The number of H-pyrrole nitrogens is 3. The van der Waals surface area contributed by atoms with Crippen LogP contribution in [0.5, 0.6) is 0 Å². The van der Waals surface area contributed by atoms with Crippen molar-refractivity contribution in [2.45, 2.75) is 67.4 Å². The number of aromatic nitrogens is 3. The van der Waals surface area contributed by atoms with Crippen LogP contribution in [0.1, 0.15) is 94.6 Å². The number of hydrogen-bond acceptors (Lipinski definition) is 7. The van der Waals surface area contributed by atoms with E-state index in [2.05, 4.69) is 41.0 Å². The first-order valence-corrected chi connectivity index (χ1v) is 15.8. The number of nitrogens with one attached hydrogen (secondary N) is 4. The number of ether oxygens (including phenoxy) is 2. The minimum atomic E-state index is -1.61. The Kier molecular flexibility index (Phi) is 7.75. The Morgan fingerprint density at radius 3 is 2.26 bits per heavy atom. The van der Waals surface area contributed by atoms with Crippen LogP contribution < -0.4 is 16.0 Å². The molecule has 6 rings (SSSR count). The van der Waals surface area contributed by atoms with E-state index in [-0.39, 0.29) is 36.6 Å². The van der Waals surface area contributed by atoms with Crippen LogP contribution in [0.25, 0.3) is 23.8 Å². The summed E-state index contributed by atoms with van der Waals surface area (Å²) in [5.41, 5.74) is 8.66. The van der Waals surface area contributed by atoms with E-state index in [1.807, 2.05) is 32.1 Å². The van der Waals surface area contributed by atoms with Gasteiger partial charge in [-0.25, -0.2) is 0 Å². The van der Waals surface area contributed by atoms with Gasteiger partial charge in [-0.3, -0.25) is 14.4 Å². The van der Waals surface area contributed by atoms with Crippen molar-refractivity contribution in [2.24, 2.45) is 17.3 Å². The van der Waals surface area contributed by atoms with Gasteiger partial charge in [0.2, 0.25) is 0 Å². The Hall–Kier alpha value is -4.57. The van der Waals surface area contributed by atoms with Gasteiger partial charge in [0.05, 0.1) is 26.5 Å². The predicted molar refractivity (Wildman–Crippen MR) is 175 cm³/mol. The Balaban J connectivity index is 1.74. The molecular weight excluding hydrogens is 584 g/mol. The second kappa shape index (κ2) is 11.3. The van der Waals surface area contributed by atoms with E-state index in [4.69, 9.17) is 9.47 Å². The van der Waals surface area contributed by atoms with Gasteiger partial charge in [0, 0.05) is 74.1 Å². The maximum absolute atomic E-state index is 14.4. The second-order valence-electron chi connectivity index (χ2n) is 12.8. The monoisotopic (exact) mass is 626 g/mol. The van der Waals surface area contributed by atoms with Crippen LogP contribution in [0.2, 0.25) is 0 Å². The zero-order valence-corrected chi connectivity index (χ0v) is 27.7. The minimum absolute atomic E-state index is 0.112. The summed E-state index contributed by atoms with van der Waals surface area (Å²) >= 11 is 0. The molecule has 3 aromatic rings.